The van der Waals surface area contributed by atoms with Crippen molar-refractivity contribution in [3.63, 3.8) is 0 Å². The first-order chi connectivity index (χ1) is 6.18. The van der Waals surface area contributed by atoms with Crippen molar-refractivity contribution in [2.45, 2.75) is 11.3 Å². The minimum atomic E-state index is 0.621. The molecule has 4 nitrogen and oxygen atoms in total. The van der Waals surface area contributed by atoms with Crippen molar-refractivity contribution in [1.82, 2.24) is 9.97 Å². The van der Waals surface area contributed by atoms with Crippen LogP contribution in [-0.4, -0.2) is 29.8 Å². The molecule has 0 spiro atoms. The molecule has 2 heterocycles. The van der Waals surface area contributed by atoms with Gasteiger partial charge in [-0.05, 0) is 0 Å². The van der Waals surface area contributed by atoms with E-state index < -0.39 is 0 Å². The van der Waals surface area contributed by atoms with E-state index in [4.69, 9.17) is 5.73 Å². The molecule has 70 valence electrons. The highest BCUT2D eigenvalue weighted by Crippen LogP contribution is 2.34. The molecule has 0 aliphatic carbocycles. The van der Waals surface area contributed by atoms with Gasteiger partial charge in [0.25, 0.3) is 0 Å². The van der Waals surface area contributed by atoms with Crippen LogP contribution in [0.25, 0.3) is 0 Å². The molecule has 5 heteroatoms. The molecule has 0 saturated carbocycles. The van der Waals surface area contributed by atoms with Crippen molar-refractivity contribution in [1.29, 1.82) is 0 Å². The number of aryl methyl sites for hydroxylation is 1. The van der Waals surface area contributed by atoms with Crippen molar-refractivity contribution in [3.05, 3.63) is 5.69 Å². The summed E-state index contributed by atoms with van der Waals surface area (Å²) in [6.45, 7) is 0. The first-order valence-corrected chi connectivity index (χ1v) is 5.13. The Kier molecular flexibility index (Phi) is 2.03. The Morgan fingerprint density at radius 1 is 1.38 bits per heavy atom. The van der Waals surface area contributed by atoms with E-state index in [0.717, 1.165) is 22.8 Å². The van der Waals surface area contributed by atoms with E-state index in [1.54, 1.807) is 11.8 Å². The Hall–Kier alpha value is -0.970. The summed E-state index contributed by atoms with van der Waals surface area (Å²) in [4.78, 5) is 11.6. The summed E-state index contributed by atoms with van der Waals surface area (Å²) in [5.41, 5.74) is 6.91. The summed E-state index contributed by atoms with van der Waals surface area (Å²) >= 11 is 1.75. The number of fused-ring (bicyclic) bond motifs is 1. The van der Waals surface area contributed by atoms with Crippen LogP contribution in [0.5, 0.6) is 0 Å². The zero-order chi connectivity index (χ0) is 9.42. The molecule has 0 fully saturated rings. The average Bonchev–Trinajstić information content (AvgIpc) is 2.51. The first-order valence-electron chi connectivity index (χ1n) is 4.15. The third-order valence-corrected chi connectivity index (χ3v) is 3.08. The van der Waals surface area contributed by atoms with Crippen LogP contribution >= 0.6 is 11.8 Å². The number of nitrogens with two attached hydrogens (primary N) is 1. The Bertz CT molecular complexity index is 337. The number of hydrogen-bond donors (Lipinski definition) is 1. The van der Waals surface area contributed by atoms with E-state index in [0.29, 0.717) is 11.8 Å². The van der Waals surface area contributed by atoms with Crippen LogP contribution in [0.2, 0.25) is 0 Å². The van der Waals surface area contributed by atoms with Crippen molar-refractivity contribution in [3.8, 4) is 0 Å². The Morgan fingerprint density at radius 3 is 2.85 bits per heavy atom. The highest BCUT2D eigenvalue weighted by atomic mass is 32.2. The molecule has 2 rings (SSSR count). The quantitative estimate of drug-likeness (QED) is 0.719. The maximum Gasteiger partial charge on any atom is 0.227 e. The standard InChI is InChI=1S/C8H12N4S/c1-12(2)8-10-5-3-4-13-6(5)7(9)11-8/h3-4H2,1-2H3,(H2,9,10,11). The van der Waals surface area contributed by atoms with Gasteiger partial charge in [0.2, 0.25) is 5.95 Å². The van der Waals surface area contributed by atoms with Gasteiger partial charge in [-0.2, -0.15) is 4.98 Å². The van der Waals surface area contributed by atoms with Gasteiger partial charge in [-0.25, -0.2) is 4.98 Å². The second-order valence-corrected chi connectivity index (χ2v) is 4.28. The second kappa shape index (κ2) is 3.06. The molecule has 0 radical (unpaired) electrons. The summed E-state index contributed by atoms with van der Waals surface area (Å²) in [6, 6.07) is 0. The van der Waals surface area contributed by atoms with Crippen LogP contribution in [-0.2, 0) is 6.42 Å². The van der Waals surface area contributed by atoms with Gasteiger partial charge in [-0.1, -0.05) is 0 Å². The lowest BCUT2D eigenvalue weighted by Crippen LogP contribution is -2.14. The van der Waals surface area contributed by atoms with Crippen LogP contribution < -0.4 is 10.6 Å². The van der Waals surface area contributed by atoms with Crippen molar-refractivity contribution < 1.29 is 0 Å². The number of rotatable bonds is 1. The van der Waals surface area contributed by atoms with Gasteiger partial charge in [0.15, 0.2) is 0 Å². The maximum atomic E-state index is 5.81. The van der Waals surface area contributed by atoms with Gasteiger partial charge in [0, 0.05) is 26.3 Å². The minimum absolute atomic E-state index is 0.621. The fraction of sp³-hybridized carbons (Fsp3) is 0.500. The van der Waals surface area contributed by atoms with Gasteiger partial charge in [-0.3, -0.25) is 0 Å². The fourth-order valence-corrected chi connectivity index (χ4v) is 2.29. The SMILES string of the molecule is CN(C)c1nc(N)c2c(n1)CCS2. The van der Waals surface area contributed by atoms with Crippen LogP contribution in [0, 0.1) is 0 Å². The van der Waals surface area contributed by atoms with E-state index >= 15 is 0 Å². The lowest BCUT2D eigenvalue weighted by molar-refractivity contribution is 0.928. The summed E-state index contributed by atoms with van der Waals surface area (Å²) in [7, 11) is 3.84. The van der Waals surface area contributed by atoms with E-state index in [9.17, 15) is 0 Å². The smallest absolute Gasteiger partial charge is 0.227 e. The van der Waals surface area contributed by atoms with E-state index in [2.05, 4.69) is 9.97 Å². The number of thioether (sulfide) groups is 1. The summed E-state index contributed by atoms with van der Waals surface area (Å²) in [5, 5.41) is 0. The molecule has 0 atom stereocenters. The third kappa shape index (κ3) is 1.44. The summed E-state index contributed by atoms with van der Waals surface area (Å²) < 4.78 is 0. The van der Waals surface area contributed by atoms with Crippen molar-refractivity contribution >= 4 is 23.5 Å². The number of nitrogens with zero attached hydrogens (tertiary/aromatic N) is 3. The Balaban J connectivity index is 2.49. The van der Waals surface area contributed by atoms with Crippen molar-refractivity contribution in [2.24, 2.45) is 0 Å². The maximum absolute atomic E-state index is 5.81. The molecule has 0 saturated heterocycles. The first kappa shape index (κ1) is 8.62. The monoisotopic (exact) mass is 196 g/mol. The predicted octanol–water partition coefficient (Wildman–Crippen LogP) is 0.773. The van der Waals surface area contributed by atoms with Gasteiger partial charge in [-0.15, -0.1) is 11.8 Å². The summed E-state index contributed by atoms with van der Waals surface area (Å²) in [6.07, 6.45) is 1.01. The van der Waals surface area contributed by atoms with Crippen LogP contribution in [0.4, 0.5) is 11.8 Å². The van der Waals surface area contributed by atoms with Crippen LogP contribution in [0.15, 0.2) is 4.90 Å². The normalized spacial score (nSPS) is 14.3. The third-order valence-electron chi connectivity index (χ3n) is 1.94. The molecule has 13 heavy (non-hydrogen) atoms. The second-order valence-electron chi connectivity index (χ2n) is 3.18. The molecule has 0 bridgehead atoms. The molecule has 0 unspecified atom stereocenters. The Labute approximate surface area is 81.5 Å². The fourth-order valence-electron chi connectivity index (χ4n) is 1.28. The largest absolute Gasteiger partial charge is 0.383 e. The molecule has 0 amide bonds. The van der Waals surface area contributed by atoms with E-state index in [1.165, 1.54) is 0 Å². The molecule has 1 aromatic rings. The number of anilines is 2. The molecular weight excluding hydrogens is 184 g/mol. The number of hydrogen-bond acceptors (Lipinski definition) is 5. The highest BCUT2D eigenvalue weighted by Gasteiger charge is 2.18. The zero-order valence-corrected chi connectivity index (χ0v) is 8.56. The molecule has 1 aliphatic heterocycles. The van der Waals surface area contributed by atoms with Gasteiger partial charge in [0.1, 0.15) is 5.82 Å². The number of nitrogen functional groups attached to an aromatic ring is 1. The van der Waals surface area contributed by atoms with Crippen LogP contribution in [0.3, 0.4) is 0 Å². The Morgan fingerprint density at radius 2 is 2.15 bits per heavy atom. The summed E-state index contributed by atoms with van der Waals surface area (Å²) in [5.74, 6) is 2.40. The molecule has 1 aliphatic rings. The van der Waals surface area contributed by atoms with Crippen molar-refractivity contribution in [2.75, 3.05) is 30.5 Å². The molecule has 1 aromatic heterocycles. The van der Waals surface area contributed by atoms with E-state index in [-0.39, 0.29) is 0 Å². The van der Waals surface area contributed by atoms with Gasteiger partial charge in [0.05, 0.1) is 10.6 Å². The highest BCUT2D eigenvalue weighted by molar-refractivity contribution is 7.99. The predicted molar refractivity (Wildman–Crippen MR) is 55.2 cm³/mol. The van der Waals surface area contributed by atoms with Gasteiger partial charge >= 0.3 is 0 Å². The molecule has 0 aromatic carbocycles. The van der Waals surface area contributed by atoms with E-state index in [1.807, 2.05) is 19.0 Å². The minimum Gasteiger partial charge on any atom is -0.383 e. The number of aromatic nitrogens is 2. The van der Waals surface area contributed by atoms with Crippen LogP contribution in [0.1, 0.15) is 5.69 Å². The molecular formula is C8H12N4S. The van der Waals surface area contributed by atoms with Gasteiger partial charge < -0.3 is 10.6 Å². The average molecular weight is 196 g/mol. The zero-order valence-electron chi connectivity index (χ0n) is 7.74. The lowest BCUT2D eigenvalue weighted by atomic mass is 10.3. The lowest BCUT2D eigenvalue weighted by Gasteiger charge is -2.12. The topological polar surface area (TPSA) is 55.0 Å². The molecule has 2 N–H and O–H groups in total.